The number of hydrogen-bond acceptors (Lipinski definition) is 7. The van der Waals surface area contributed by atoms with E-state index in [0.717, 1.165) is 53.7 Å². The van der Waals surface area contributed by atoms with E-state index < -0.39 is 10.9 Å². The number of anilines is 2. The molecule has 3 fully saturated rings. The van der Waals surface area contributed by atoms with Crippen LogP contribution < -0.4 is 26.2 Å². The van der Waals surface area contributed by atoms with Crippen molar-refractivity contribution in [3.05, 3.63) is 105 Å². The Hall–Kier alpha value is -3.97. The van der Waals surface area contributed by atoms with Gasteiger partial charge in [-0.3, -0.25) is 19.5 Å². The van der Waals surface area contributed by atoms with Crippen molar-refractivity contribution in [2.75, 3.05) is 30.8 Å². The lowest BCUT2D eigenvalue weighted by Crippen LogP contribution is -2.56. The summed E-state index contributed by atoms with van der Waals surface area (Å²) in [4.78, 5) is 32.9. The van der Waals surface area contributed by atoms with Gasteiger partial charge in [-0.05, 0) is 73.5 Å². The number of rotatable bonds is 9. The van der Waals surface area contributed by atoms with Crippen molar-refractivity contribution in [3.8, 4) is 5.75 Å². The van der Waals surface area contributed by atoms with Gasteiger partial charge in [-0.1, -0.05) is 36.4 Å². The van der Waals surface area contributed by atoms with E-state index in [1.807, 2.05) is 67.7 Å². The number of methoxy groups -OCH3 is 1. The van der Waals surface area contributed by atoms with Crippen LogP contribution in [0.25, 0.3) is 10.9 Å². The molecule has 0 amide bonds. The Balaban J connectivity index is 1.40. The Kier molecular flexibility index (Phi) is 6.69. The number of nitrogens with one attached hydrogen (secondary N) is 2. The molecule has 2 bridgehead atoms. The quantitative estimate of drug-likeness (QED) is 0.235. The van der Waals surface area contributed by atoms with E-state index in [1.54, 1.807) is 7.11 Å². The topological polar surface area (TPSA) is 83.6 Å². The molecule has 0 saturated carbocycles. The van der Waals surface area contributed by atoms with Gasteiger partial charge in [0, 0.05) is 30.2 Å². The first-order chi connectivity index (χ1) is 19.0. The Morgan fingerprint density at radius 2 is 1.85 bits per heavy atom. The second-order valence-corrected chi connectivity index (χ2v) is 10.8. The zero-order chi connectivity index (χ0) is 27.1. The fraction of sp³-hybridized carbons (Fsp3) is 0.344. The molecule has 0 aliphatic carbocycles. The smallest absolute Gasteiger partial charge is 0.253 e. The average Bonchev–Trinajstić information content (AvgIpc) is 3.00. The molecule has 3 aromatic carbocycles. The molecular formula is C32H34N4O3. The maximum atomic E-state index is 13.0. The summed E-state index contributed by atoms with van der Waals surface area (Å²) < 4.78 is 5.54. The molecule has 2 N–H and O–H groups in total. The van der Waals surface area contributed by atoms with E-state index in [4.69, 9.17) is 4.74 Å². The van der Waals surface area contributed by atoms with Crippen LogP contribution in [-0.4, -0.2) is 36.1 Å². The average molecular weight is 523 g/mol. The number of fused-ring (bicyclic) bond motifs is 4. The van der Waals surface area contributed by atoms with E-state index in [-0.39, 0.29) is 18.1 Å². The van der Waals surface area contributed by atoms with Crippen LogP contribution in [0.4, 0.5) is 11.4 Å². The number of nitrogens with zero attached hydrogens (tertiary/aromatic N) is 2. The van der Waals surface area contributed by atoms with Crippen molar-refractivity contribution in [2.24, 2.45) is 11.8 Å². The molecule has 3 saturated heterocycles. The van der Waals surface area contributed by atoms with Crippen molar-refractivity contribution in [3.63, 3.8) is 0 Å². The Morgan fingerprint density at radius 3 is 2.54 bits per heavy atom. The molecule has 0 spiro atoms. The highest BCUT2D eigenvalue weighted by Crippen LogP contribution is 2.44. The maximum Gasteiger partial charge on any atom is 0.253 e. The Labute approximate surface area is 228 Å². The summed E-state index contributed by atoms with van der Waals surface area (Å²) >= 11 is 0. The summed E-state index contributed by atoms with van der Waals surface area (Å²) in [5, 5.41) is 7.88. The zero-order valence-corrected chi connectivity index (χ0v) is 22.4. The van der Waals surface area contributed by atoms with Gasteiger partial charge in [-0.25, -0.2) is 0 Å². The first kappa shape index (κ1) is 25.3. The number of benzene rings is 2. The normalized spacial score (nSPS) is 23.8. The van der Waals surface area contributed by atoms with Gasteiger partial charge in [0.05, 0.1) is 18.7 Å². The van der Waals surface area contributed by atoms with Crippen molar-refractivity contribution in [1.82, 2.24) is 9.88 Å². The fourth-order valence-corrected chi connectivity index (χ4v) is 6.51. The molecule has 39 heavy (non-hydrogen) atoms. The first-order valence-electron chi connectivity index (χ1n) is 13.7. The highest BCUT2D eigenvalue weighted by molar-refractivity contribution is 5.85. The molecule has 1 aromatic heterocycles. The van der Waals surface area contributed by atoms with Gasteiger partial charge in [-0.15, -0.1) is 6.58 Å². The summed E-state index contributed by atoms with van der Waals surface area (Å²) in [7, 11) is 1.66. The number of aromatic nitrogens is 1. The SMILES string of the molecule is C=C[C@H]1CN2CC[C@H]1C[C@H]2[C@H](Nc1c(N[C@H](C)c2ccccc2)c(=O)c1=O)c1ccnc2ccc(OC)cc12. The second kappa shape index (κ2) is 10.3. The summed E-state index contributed by atoms with van der Waals surface area (Å²) in [6.07, 6.45) is 6.04. The molecule has 1 unspecified atom stereocenters. The van der Waals surface area contributed by atoms with Gasteiger partial charge >= 0.3 is 0 Å². The van der Waals surface area contributed by atoms with Gasteiger partial charge in [0.15, 0.2) is 0 Å². The largest absolute Gasteiger partial charge is 0.497 e. The van der Waals surface area contributed by atoms with Crippen LogP contribution in [0.1, 0.15) is 43.0 Å². The minimum absolute atomic E-state index is 0.123. The summed E-state index contributed by atoms with van der Waals surface area (Å²) in [6.45, 7) is 8.03. The number of hydrogen-bond donors (Lipinski definition) is 2. The predicted octanol–water partition coefficient (Wildman–Crippen LogP) is 5.06. The van der Waals surface area contributed by atoms with E-state index in [2.05, 4.69) is 33.2 Å². The highest BCUT2D eigenvalue weighted by atomic mass is 16.5. The van der Waals surface area contributed by atoms with Gasteiger partial charge in [-0.2, -0.15) is 0 Å². The zero-order valence-electron chi connectivity index (χ0n) is 22.4. The minimum atomic E-state index is -0.475. The van der Waals surface area contributed by atoms with Gasteiger partial charge in [0.2, 0.25) is 0 Å². The number of ether oxygens (including phenoxy) is 1. The summed E-state index contributed by atoms with van der Waals surface area (Å²) in [5.74, 6) is 1.77. The van der Waals surface area contributed by atoms with Crippen LogP contribution in [0.3, 0.4) is 0 Å². The second-order valence-electron chi connectivity index (χ2n) is 10.8. The predicted molar refractivity (Wildman–Crippen MR) is 156 cm³/mol. The first-order valence-corrected chi connectivity index (χ1v) is 13.7. The van der Waals surface area contributed by atoms with E-state index in [1.165, 1.54) is 0 Å². The van der Waals surface area contributed by atoms with Crippen LogP contribution >= 0.6 is 0 Å². The van der Waals surface area contributed by atoms with Crippen LogP contribution in [0.15, 0.2) is 83.0 Å². The lowest BCUT2D eigenvalue weighted by atomic mass is 9.73. The highest BCUT2D eigenvalue weighted by Gasteiger charge is 2.43. The van der Waals surface area contributed by atoms with Crippen LogP contribution in [0, 0.1) is 11.8 Å². The van der Waals surface area contributed by atoms with E-state index >= 15 is 0 Å². The molecule has 0 radical (unpaired) electrons. The van der Waals surface area contributed by atoms with Gasteiger partial charge in [0.1, 0.15) is 17.1 Å². The van der Waals surface area contributed by atoms with Gasteiger partial charge in [0.25, 0.3) is 10.9 Å². The summed E-state index contributed by atoms with van der Waals surface area (Å²) in [5.41, 5.74) is 2.73. The molecule has 4 aromatic rings. The van der Waals surface area contributed by atoms with Crippen LogP contribution in [-0.2, 0) is 0 Å². The third-order valence-corrected chi connectivity index (χ3v) is 8.73. The van der Waals surface area contributed by atoms with E-state index in [0.29, 0.717) is 23.2 Å². The molecule has 4 heterocycles. The third kappa shape index (κ3) is 4.51. The molecule has 200 valence electrons. The molecule has 6 atom stereocenters. The van der Waals surface area contributed by atoms with Gasteiger partial charge < -0.3 is 15.4 Å². The summed E-state index contributed by atoms with van der Waals surface area (Å²) in [6, 6.07) is 17.6. The monoisotopic (exact) mass is 522 g/mol. The molecule has 3 aliphatic rings. The third-order valence-electron chi connectivity index (χ3n) is 8.73. The van der Waals surface area contributed by atoms with Crippen molar-refractivity contribution >= 4 is 22.3 Å². The van der Waals surface area contributed by atoms with Crippen molar-refractivity contribution in [1.29, 1.82) is 0 Å². The lowest BCUT2D eigenvalue weighted by Gasteiger charge is -2.52. The lowest BCUT2D eigenvalue weighted by molar-refractivity contribution is 0.0105. The number of pyridine rings is 1. The molecule has 3 aliphatic heterocycles. The minimum Gasteiger partial charge on any atom is -0.497 e. The van der Waals surface area contributed by atoms with Crippen molar-refractivity contribution in [2.45, 2.75) is 37.9 Å². The molecule has 7 nitrogen and oxygen atoms in total. The molecule has 7 heteroatoms. The van der Waals surface area contributed by atoms with Crippen LogP contribution in [0.2, 0.25) is 0 Å². The standard InChI is InChI=1S/C32H34N4O3/c1-4-20-18-36-15-13-22(20)16-27(36)28(24-12-14-33-26-11-10-23(39-3)17-25(24)26)35-30-29(31(37)32(30)38)34-19(2)21-8-6-5-7-9-21/h4-12,14,17,19-20,22,27-28,34-35H,1,13,15-16,18H2,2-3H3/t19-,20+,22+,27+,28-/m1/s1. The van der Waals surface area contributed by atoms with E-state index in [9.17, 15) is 9.59 Å². The Morgan fingerprint density at radius 1 is 1.08 bits per heavy atom. The number of piperidine rings is 3. The molecular weight excluding hydrogens is 488 g/mol. The Bertz CT molecular complexity index is 1580. The van der Waals surface area contributed by atoms with Crippen LogP contribution in [0.5, 0.6) is 5.75 Å². The molecule has 7 rings (SSSR count). The fourth-order valence-electron chi connectivity index (χ4n) is 6.51. The maximum absolute atomic E-state index is 13.0. The van der Waals surface area contributed by atoms with Crippen molar-refractivity contribution < 1.29 is 4.74 Å².